The lowest BCUT2D eigenvalue weighted by atomic mass is 10.1. The fraction of sp³-hybridized carbons (Fsp3) is 0.394. The third-order valence-electron chi connectivity index (χ3n) is 7.05. The lowest BCUT2D eigenvalue weighted by Gasteiger charge is -2.33. The second kappa shape index (κ2) is 15.3. The summed E-state index contributed by atoms with van der Waals surface area (Å²) in [5, 5.41) is 3.47. The Bertz CT molecular complexity index is 1540. The number of anilines is 1. The van der Waals surface area contributed by atoms with E-state index in [2.05, 4.69) is 5.32 Å². The summed E-state index contributed by atoms with van der Waals surface area (Å²) in [6, 6.07) is 15.8. The molecular weight excluding hydrogens is 602 g/mol. The highest BCUT2D eigenvalue weighted by atomic mass is 35.5. The standard InChI is InChI=1S/C33H42ClN3O6S/c1-8-29(33(39)35-19-22(2)3)36(20-25-9-11-26(34)12-10-25)32(38)21-37(27-16-23(4)15-24(5)17-27)44(40,41)28-13-14-30(42-6)31(18-28)43-7/h9-18,22,29H,8,19-21H2,1-7H3,(H,35,39). The van der Waals surface area contributed by atoms with E-state index in [1.165, 1.54) is 37.3 Å². The van der Waals surface area contributed by atoms with Gasteiger partial charge in [0.25, 0.3) is 10.0 Å². The Kier molecular flexibility index (Phi) is 12.1. The molecule has 0 aliphatic carbocycles. The average Bonchev–Trinajstić information content (AvgIpc) is 2.98. The molecule has 44 heavy (non-hydrogen) atoms. The molecule has 0 aliphatic heterocycles. The van der Waals surface area contributed by atoms with Crippen molar-refractivity contribution in [2.24, 2.45) is 5.92 Å². The summed E-state index contributed by atoms with van der Waals surface area (Å²) in [5.74, 6) is -0.0206. The molecule has 238 valence electrons. The number of sulfonamides is 1. The van der Waals surface area contributed by atoms with E-state index in [0.717, 1.165) is 21.0 Å². The molecule has 11 heteroatoms. The lowest BCUT2D eigenvalue weighted by molar-refractivity contribution is -0.140. The molecule has 0 bridgehead atoms. The number of ether oxygens (including phenoxy) is 2. The van der Waals surface area contributed by atoms with Gasteiger partial charge in [0, 0.05) is 24.2 Å². The summed E-state index contributed by atoms with van der Waals surface area (Å²) in [7, 11) is -1.41. The molecule has 0 spiro atoms. The van der Waals surface area contributed by atoms with E-state index >= 15 is 0 Å². The molecule has 1 unspecified atom stereocenters. The van der Waals surface area contributed by atoms with Crippen LogP contribution in [0.15, 0.2) is 65.6 Å². The summed E-state index contributed by atoms with van der Waals surface area (Å²) in [4.78, 5) is 29.0. The number of carbonyl (C=O) groups is 2. The maximum Gasteiger partial charge on any atom is 0.264 e. The minimum Gasteiger partial charge on any atom is -0.493 e. The zero-order chi connectivity index (χ0) is 32.6. The minimum absolute atomic E-state index is 0.0759. The molecule has 0 saturated heterocycles. The quantitative estimate of drug-likeness (QED) is 0.240. The Balaban J connectivity index is 2.12. The molecule has 0 aromatic heterocycles. The van der Waals surface area contributed by atoms with Gasteiger partial charge in [0.15, 0.2) is 11.5 Å². The van der Waals surface area contributed by atoms with E-state index in [1.54, 1.807) is 36.4 Å². The Labute approximate surface area is 266 Å². The number of methoxy groups -OCH3 is 2. The van der Waals surface area contributed by atoms with Crippen LogP contribution in [0.25, 0.3) is 0 Å². The zero-order valence-electron chi connectivity index (χ0n) is 26.4. The molecule has 2 amide bonds. The minimum atomic E-state index is -4.29. The molecule has 0 saturated carbocycles. The van der Waals surface area contributed by atoms with Crippen LogP contribution in [0.3, 0.4) is 0 Å². The second-order valence-corrected chi connectivity index (χ2v) is 13.4. The van der Waals surface area contributed by atoms with Crippen LogP contribution in [0, 0.1) is 19.8 Å². The summed E-state index contributed by atoms with van der Waals surface area (Å²) in [6.07, 6.45) is 0.329. The van der Waals surface area contributed by atoms with Crippen molar-refractivity contribution >= 4 is 39.1 Å². The molecule has 1 N–H and O–H groups in total. The molecular formula is C33H42ClN3O6S. The second-order valence-electron chi connectivity index (χ2n) is 11.1. The Morgan fingerprint density at radius 1 is 0.909 bits per heavy atom. The van der Waals surface area contributed by atoms with Crippen LogP contribution in [0.2, 0.25) is 5.02 Å². The van der Waals surface area contributed by atoms with E-state index in [9.17, 15) is 18.0 Å². The van der Waals surface area contributed by atoms with Gasteiger partial charge in [0.2, 0.25) is 11.8 Å². The zero-order valence-corrected chi connectivity index (χ0v) is 28.0. The van der Waals surface area contributed by atoms with E-state index < -0.39 is 28.5 Å². The van der Waals surface area contributed by atoms with Crippen molar-refractivity contribution in [3.63, 3.8) is 0 Å². The Morgan fingerprint density at radius 3 is 2.07 bits per heavy atom. The molecule has 1 atom stereocenters. The average molecular weight is 644 g/mol. The monoisotopic (exact) mass is 643 g/mol. The van der Waals surface area contributed by atoms with E-state index in [4.69, 9.17) is 21.1 Å². The van der Waals surface area contributed by atoms with Crippen LogP contribution in [-0.2, 0) is 26.2 Å². The normalized spacial score (nSPS) is 12.0. The van der Waals surface area contributed by atoms with E-state index in [0.29, 0.717) is 29.4 Å². The first-order chi connectivity index (χ1) is 20.8. The van der Waals surface area contributed by atoms with Crippen LogP contribution >= 0.6 is 11.6 Å². The van der Waals surface area contributed by atoms with Crippen molar-refractivity contribution in [3.05, 3.63) is 82.4 Å². The third kappa shape index (κ3) is 8.66. The number of hydrogen-bond acceptors (Lipinski definition) is 6. The number of rotatable bonds is 14. The number of benzene rings is 3. The molecule has 3 aromatic rings. The van der Waals surface area contributed by atoms with Gasteiger partial charge >= 0.3 is 0 Å². The lowest BCUT2D eigenvalue weighted by Crippen LogP contribution is -2.52. The number of amides is 2. The van der Waals surface area contributed by atoms with Crippen molar-refractivity contribution in [3.8, 4) is 11.5 Å². The fourth-order valence-electron chi connectivity index (χ4n) is 4.86. The SMILES string of the molecule is CCC(C(=O)NCC(C)C)N(Cc1ccc(Cl)cc1)C(=O)CN(c1cc(C)cc(C)c1)S(=O)(=O)c1ccc(OC)c(OC)c1. The van der Waals surface area contributed by atoms with Crippen LogP contribution in [0.1, 0.15) is 43.9 Å². The van der Waals surface area contributed by atoms with E-state index in [1.807, 2.05) is 40.7 Å². The Morgan fingerprint density at radius 2 is 1.52 bits per heavy atom. The van der Waals surface area contributed by atoms with Gasteiger partial charge in [-0.1, -0.05) is 50.6 Å². The van der Waals surface area contributed by atoms with Gasteiger partial charge in [-0.2, -0.15) is 0 Å². The van der Waals surface area contributed by atoms with Crippen molar-refractivity contribution in [1.29, 1.82) is 0 Å². The predicted molar refractivity (Wildman–Crippen MR) is 174 cm³/mol. The maximum atomic E-state index is 14.3. The third-order valence-corrected chi connectivity index (χ3v) is 9.07. The van der Waals surface area contributed by atoms with Gasteiger partial charge in [-0.3, -0.25) is 13.9 Å². The number of hydrogen-bond donors (Lipinski definition) is 1. The van der Waals surface area contributed by atoms with Gasteiger partial charge in [0.05, 0.1) is 24.8 Å². The highest BCUT2D eigenvalue weighted by molar-refractivity contribution is 7.92. The number of halogens is 1. The van der Waals surface area contributed by atoms with Gasteiger partial charge in [-0.05, 0) is 79.3 Å². The summed E-state index contributed by atoms with van der Waals surface area (Å²) in [6.45, 7) is 9.50. The smallest absolute Gasteiger partial charge is 0.264 e. The molecule has 0 aliphatic rings. The highest BCUT2D eigenvalue weighted by Gasteiger charge is 2.34. The molecule has 0 radical (unpaired) electrons. The first-order valence-electron chi connectivity index (χ1n) is 14.4. The van der Waals surface area contributed by atoms with Crippen LogP contribution < -0.4 is 19.1 Å². The van der Waals surface area contributed by atoms with Crippen molar-refractivity contribution in [2.75, 3.05) is 31.6 Å². The van der Waals surface area contributed by atoms with E-state index in [-0.39, 0.29) is 29.0 Å². The molecule has 0 heterocycles. The predicted octanol–water partition coefficient (Wildman–Crippen LogP) is 5.75. The number of carbonyl (C=O) groups excluding carboxylic acids is 2. The fourth-order valence-corrected chi connectivity index (χ4v) is 6.40. The highest BCUT2D eigenvalue weighted by Crippen LogP contribution is 2.33. The number of aryl methyl sites for hydroxylation is 2. The number of nitrogens with one attached hydrogen (secondary N) is 1. The summed E-state index contributed by atoms with van der Waals surface area (Å²) in [5.41, 5.74) is 2.74. The van der Waals surface area contributed by atoms with Gasteiger partial charge in [0.1, 0.15) is 12.6 Å². The van der Waals surface area contributed by atoms with Crippen LogP contribution in [0.5, 0.6) is 11.5 Å². The van der Waals surface area contributed by atoms with Gasteiger partial charge in [-0.15, -0.1) is 0 Å². The first kappa shape index (κ1) is 34.7. The molecule has 3 aromatic carbocycles. The van der Waals surface area contributed by atoms with Crippen molar-refractivity contribution < 1.29 is 27.5 Å². The van der Waals surface area contributed by atoms with Crippen molar-refractivity contribution in [1.82, 2.24) is 10.2 Å². The molecule has 9 nitrogen and oxygen atoms in total. The summed E-state index contributed by atoms with van der Waals surface area (Å²) < 4.78 is 40.3. The maximum absolute atomic E-state index is 14.3. The van der Waals surface area contributed by atoms with Crippen LogP contribution in [0.4, 0.5) is 5.69 Å². The van der Waals surface area contributed by atoms with Crippen LogP contribution in [-0.4, -0.2) is 58.5 Å². The molecule has 3 rings (SSSR count). The summed E-state index contributed by atoms with van der Waals surface area (Å²) >= 11 is 6.10. The Hall–Kier alpha value is -3.76. The molecule has 0 fully saturated rings. The topological polar surface area (TPSA) is 105 Å². The van der Waals surface area contributed by atoms with Gasteiger partial charge in [-0.25, -0.2) is 8.42 Å². The largest absolute Gasteiger partial charge is 0.493 e. The van der Waals surface area contributed by atoms with Gasteiger partial charge < -0.3 is 19.7 Å². The van der Waals surface area contributed by atoms with Crippen molar-refractivity contribution in [2.45, 2.75) is 58.5 Å². The first-order valence-corrected chi connectivity index (χ1v) is 16.3. The number of nitrogens with zero attached hydrogens (tertiary/aromatic N) is 2.